The number of nitrogens with one attached hydrogen (secondary N) is 1. The first kappa shape index (κ1) is 12.8. The van der Waals surface area contributed by atoms with Crippen LogP contribution in [0, 0.1) is 4.84 Å². The van der Waals surface area contributed by atoms with Crippen LogP contribution in [-0.2, 0) is 13.2 Å². The van der Waals surface area contributed by atoms with E-state index >= 15 is 0 Å². The van der Waals surface area contributed by atoms with Crippen LogP contribution in [0.15, 0.2) is 57.6 Å². The van der Waals surface area contributed by atoms with Crippen LogP contribution in [0.25, 0.3) is 11.5 Å². The van der Waals surface area contributed by atoms with Crippen molar-refractivity contribution < 1.29 is 8.83 Å². The summed E-state index contributed by atoms with van der Waals surface area (Å²) >= 11 is 5.16. The molecule has 3 aromatic rings. The first-order valence-corrected chi connectivity index (χ1v) is 6.60. The van der Waals surface area contributed by atoms with Gasteiger partial charge < -0.3 is 8.83 Å². The lowest BCUT2D eigenvalue weighted by molar-refractivity contribution is 0.431. The fraction of sp³-hybridized carbons (Fsp3) is 0.143. The van der Waals surface area contributed by atoms with E-state index < -0.39 is 0 Å². The molecule has 2 aromatic heterocycles. The second-order valence-electron chi connectivity index (χ2n) is 4.20. The third-order valence-corrected chi connectivity index (χ3v) is 3.06. The third-order valence-electron chi connectivity index (χ3n) is 2.77. The second kappa shape index (κ2) is 5.85. The van der Waals surface area contributed by atoms with Gasteiger partial charge in [0.15, 0.2) is 0 Å². The summed E-state index contributed by atoms with van der Waals surface area (Å²) in [5.74, 6) is 1.39. The molecule has 6 heteroatoms. The minimum atomic E-state index is 0.343. The van der Waals surface area contributed by atoms with Crippen LogP contribution in [-0.4, -0.2) is 9.78 Å². The highest BCUT2D eigenvalue weighted by molar-refractivity contribution is 7.71. The van der Waals surface area contributed by atoms with Crippen LogP contribution in [0.2, 0.25) is 0 Å². The summed E-state index contributed by atoms with van der Waals surface area (Å²) in [6.07, 6.45) is 1.65. The lowest BCUT2D eigenvalue weighted by atomic mass is 10.2. The Morgan fingerprint density at radius 2 is 2.00 bits per heavy atom. The summed E-state index contributed by atoms with van der Waals surface area (Å²) in [6.45, 7) is 1.08. The van der Waals surface area contributed by atoms with E-state index in [1.165, 1.54) is 0 Å². The lowest BCUT2D eigenvalue weighted by Gasteiger charge is -2.01. The van der Waals surface area contributed by atoms with E-state index in [2.05, 4.69) is 10.4 Å². The Hall–Kier alpha value is -2.18. The van der Waals surface area contributed by atoms with Gasteiger partial charge in [-0.1, -0.05) is 18.2 Å². The molecule has 0 aliphatic heterocycles. The SMILES string of the molecule is S=c1oc(-c2ccccc2)nn1CNCc1ccco1. The van der Waals surface area contributed by atoms with E-state index in [1.54, 1.807) is 10.9 Å². The smallest absolute Gasteiger partial charge is 0.288 e. The normalized spacial score (nSPS) is 10.8. The summed E-state index contributed by atoms with van der Waals surface area (Å²) < 4.78 is 12.3. The Balaban J connectivity index is 1.68. The molecule has 0 saturated carbocycles. The van der Waals surface area contributed by atoms with E-state index in [9.17, 15) is 0 Å². The molecule has 0 amide bonds. The standard InChI is InChI=1S/C14H13N3O2S/c20-14-17(10-15-9-12-7-4-8-18-12)16-13(19-14)11-5-2-1-3-6-11/h1-8,15H,9-10H2. The van der Waals surface area contributed by atoms with Crippen molar-refractivity contribution in [2.75, 3.05) is 0 Å². The van der Waals surface area contributed by atoms with Crippen molar-refractivity contribution >= 4 is 12.2 Å². The highest BCUT2D eigenvalue weighted by atomic mass is 32.1. The van der Waals surface area contributed by atoms with Crippen LogP contribution in [0.3, 0.4) is 0 Å². The van der Waals surface area contributed by atoms with E-state index in [4.69, 9.17) is 21.1 Å². The predicted octanol–water partition coefficient (Wildman–Crippen LogP) is 3.21. The molecule has 0 atom stereocenters. The number of nitrogens with zero attached hydrogens (tertiary/aromatic N) is 2. The van der Waals surface area contributed by atoms with Gasteiger partial charge in [0.05, 0.1) is 19.5 Å². The Morgan fingerprint density at radius 1 is 1.15 bits per heavy atom. The summed E-state index contributed by atoms with van der Waals surface area (Å²) in [5, 5.41) is 7.54. The molecule has 0 saturated heterocycles. The maximum Gasteiger partial charge on any atom is 0.288 e. The molecule has 5 nitrogen and oxygen atoms in total. The Morgan fingerprint density at radius 3 is 2.75 bits per heavy atom. The zero-order valence-corrected chi connectivity index (χ0v) is 11.5. The average molecular weight is 287 g/mol. The first-order chi connectivity index (χ1) is 9.83. The molecule has 0 aliphatic carbocycles. The summed E-state index contributed by atoms with van der Waals surface area (Å²) in [6, 6.07) is 13.4. The van der Waals surface area contributed by atoms with Crippen molar-refractivity contribution in [3.63, 3.8) is 0 Å². The van der Waals surface area contributed by atoms with E-state index in [-0.39, 0.29) is 0 Å². The van der Waals surface area contributed by atoms with Gasteiger partial charge in [-0.25, -0.2) is 4.68 Å². The lowest BCUT2D eigenvalue weighted by Crippen LogP contribution is -2.18. The van der Waals surface area contributed by atoms with Crippen LogP contribution in [0.4, 0.5) is 0 Å². The zero-order chi connectivity index (χ0) is 13.8. The maximum atomic E-state index is 5.49. The monoisotopic (exact) mass is 287 g/mol. The largest absolute Gasteiger partial charge is 0.468 e. The molecule has 0 spiro atoms. The molecule has 20 heavy (non-hydrogen) atoms. The van der Waals surface area contributed by atoms with Crippen molar-refractivity contribution in [2.24, 2.45) is 0 Å². The van der Waals surface area contributed by atoms with Crippen LogP contribution >= 0.6 is 12.2 Å². The first-order valence-electron chi connectivity index (χ1n) is 6.19. The Bertz CT molecular complexity index is 716. The van der Waals surface area contributed by atoms with Gasteiger partial charge >= 0.3 is 0 Å². The second-order valence-corrected chi connectivity index (χ2v) is 4.55. The molecule has 0 aliphatic rings. The molecule has 1 N–H and O–H groups in total. The fourth-order valence-corrected chi connectivity index (χ4v) is 1.99. The molecular formula is C14H13N3O2S. The predicted molar refractivity (Wildman–Crippen MR) is 76.3 cm³/mol. The number of aromatic nitrogens is 2. The molecule has 0 unspecified atom stereocenters. The van der Waals surface area contributed by atoms with Crippen LogP contribution < -0.4 is 5.32 Å². The number of rotatable bonds is 5. The van der Waals surface area contributed by atoms with E-state index in [0.717, 1.165) is 11.3 Å². The maximum absolute atomic E-state index is 5.49. The minimum Gasteiger partial charge on any atom is -0.468 e. The van der Waals surface area contributed by atoms with Crippen molar-refractivity contribution in [1.29, 1.82) is 0 Å². The molecular weight excluding hydrogens is 274 g/mol. The van der Waals surface area contributed by atoms with Crippen molar-refractivity contribution in [1.82, 2.24) is 15.1 Å². The quantitative estimate of drug-likeness (QED) is 0.730. The number of furan rings is 1. The molecule has 0 bridgehead atoms. The minimum absolute atomic E-state index is 0.343. The van der Waals surface area contributed by atoms with Gasteiger partial charge in [-0.3, -0.25) is 5.32 Å². The van der Waals surface area contributed by atoms with Gasteiger partial charge in [0.1, 0.15) is 5.76 Å². The highest BCUT2D eigenvalue weighted by Crippen LogP contribution is 2.16. The van der Waals surface area contributed by atoms with Gasteiger partial charge in [-0.2, -0.15) is 0 Å². The molecule has 2 heterocycles. The molecule has 1 aromatic carbocycles. The van der Waals surface area contributed by atoms with Crippen molar-refractivity contribution in [3.8, 4) is 11.5 Å². The van der Waals surface area contributed by atoms with Crippen LogP contribution in [0.1, 0.15) is 5.76 Å². The number of benzene rings is 1. The highest BCUT2D eigenvalue weighted by Gasteiger charge is 2.07. The van der Waals surface area contributed by atoms with Gasteiger partial charge in [0.2, 0.25) is 5.89 Å². The average Bonchev–Trinajstić information content (AvgIpc) is 3.11. The van der Waals surface area contributed by atoms with E-state index in [1.807, 2.05) is 42.5 Å². The topological polar surface area (TPSA) is 56.1 Å². The van der Waals surface area contributed by atoms with Crippen molar-refractivity contribution in [3.05, 3.63) is 59.3 Å². The number of hydrogen-bond donors (Lipinski definition) is 1. The van der Waals surface area contributed by atoms with Crippen LogP contribution in [0.5, 0.6) is 0 Å². The molecule has 102 valence electrons. The van der Waals surface area contributed by atoms with Gasteiger partial charge in [-0.05, 0) is 36.5 Å². The van der Waals surface area contributed by atoms with Gasteiger partial charge in [0, 0.05) is 5.56 Å². The van der Waals surface area contributed by atoms with Crippen molar-refractivity contribution in [2.45, 2.75) is 13.2 Å². The third kappa shape index (κ3) is 2.87. The molecule has 0 fully saturated rings. The summed E-state index contributed by atoms with van der Waals surface area (Å²) in [4.78, 5) is 0.343. The zero-order valence-electron chi connectivity index (χ0n) is 10.7. The summed E-state index contributed by atoms with van der Waals surface area (Å²) in [7, 11) is 0. The Labute approximate surface area is 120 Å². The Kier molecular flexibility index (Phi) is 3.76. The molecule has 3 rings (SSSR count). The van der Waals surface area contributed by atoms with Gasteiger partial charge in [-0.15, -0.1) is 5.10 Å². The molecule has 0 radical (unpaired) electrons. The fourth-order valence-electron chi connectivity index (χ4n) is 1.80. The van der Waals surface area contributed by atoms with E-state index in [0.29, 0.717) is 23.9 Å². The summed E-state index contributed by atoms with van der Waals surface area (Å²) in [5.41, 5.74) is 0.906. The van der Waals surface area contributed by atoms with Gasteiger partial charge in [0.25, 0.3) is 4.84 Å². The number of hydrogen-bond acceptors (Lipinski definition) is 5.